The van der Waals surface area contributed by atoms with E-state index in [2.05, 4.69) is 13.2 Å². The number of unbranched alkanes of at least 4 members (excludes halogenated alkanes) is 1. The molecule has 0 aromatic rings. The van der Waals surface area contributed by atoms with Gasteiger partial charge in [0.1, 0.15) is 0 Å². The first-order valence-electron chi connectivity index (χ1n) is 6.52. The molecule has 1 heterocycles. The van der Waals surface area contributed by atoms with Crippen LogP contribution < -0.4 is 0 Å². The van der Waals surface area contributed by atoms with Gasteiger partial charge in [0.2, 0.25) is 0 Å². The summed E-state index contributed by atoms with van der Waals surface area (Å²) in [5.41, 5.74) is 0.208. The average Bonchev–Trinajstić information content (AvgIpc) is 2.48. The smallest absolute Gasteiger partial charge is 0.400 e. The Kier molecular flexibility index (Phi) is 5.20. The SMILES string of the molecule is C=CCCCOCC(=C)B1OC(C)(C)C(C)(C)O1. The van der Waals surface area contributed by atoms with Crippen molar-refractivity contribution in [3.05, 3.63) is 24.7 Å². The highest BCUT2D eigenvalue weighted by Crippen LogP contribution is 2.38. The van der Waals surface area contributed by atoms with Crippen LogP contribution in [0.4, 0.5) is 0 Å². The van der Waals surface area contributed by atoms with Gasteiger partial charge in [-0.05, 0) is 46.0 Å². The number of ether oxygens (including phenoxy) is 1. The van der Waals surface area contributed by atoms with Crippen molar-refractivity contribution in [2.24, 2.45) is 0 Å². The second-order valence-corrected chi connectivity index (χ2v) is 5.73. The third-order valence-corrected chi connectivity index (χ3v) is 3.57. The molecule has 1 saturated heterocycles. The molecule has 0 aromatic carbocycles. The molecule has 3 nitrogen and oxygen atoms in total. The van der Waals surface area contributed by atoms with Crippen LogP contribution in [0.15, 0.2) is 24.7 Å². The average molecular weight is 252 g/mol. The van der Waals surface area contributed by atoms with Crippen LogP contribution in [0.2, 0.25) is 0 Å². The van der Waals surface area contributed by atoms with Crippen LogP contribution in [0, 0.1) is 0 Å². The molecule has 0 spiro atoms. The fraction of sp³-hybridized carbons (Fsp3) is 0.714. The van der Waals surface area contributed by atoms with E-state index in [1.165, 1.54) is 0 Å². The molecule has 4 heteroatoms. The van der Waals surface area contributed by atoms with E-state index in [9.17, 15) is 0 Å². The summed E-state index contributed by atoms with van der Waals surface area (Å²) in [4.78, 5) is 0. The van der Waals surface area contributed by atoms with E-state index in [0.29, 0.717) is 13.2 Å². The van der Waals surface area contributed by atoms with E-state index < -0.39 is 0 Å². The zero-order valence-corrected chi connectivity index (χ0v) is 12.1. The number of hydrogen-bond acceptors (Lipinski definition) is 3. The summed E-state index contributed by atoms with van der Waals surface area (Å²) in [6.07, 6.45) is 3.86. The third kappa shape index (κ3) is 3.71. The molecule has 18 heavy (non-hydrogen) atoms. The minimum absolute atomic E-state index is 0.316. The Labute approximate surface area is 111 Å². The van der Waals surface area contributed by atoms with Gasteiger partial charge in [-0.15, -0.1) is 13.2 Å². The van der Waals surface area contributed by atoms with Gasteiger partial charge in [-0.25, -0.2) is 0 Å². The summed E-state index contributed by atoms with van der Waals surface area (Å²) in [6.45, 7) is 17.0. The van der Waals surface area contributed by atoms with E-state index in [0.717, 1.165) is 18.3 Å². The quantitative estimate of drug-likeness (QED) is 0.395. The lowest BCUT2D eigenvalue weighted by molar-refractivity contribution is 0.00578. The van der Waals surface area contributed by atoms with Crippen molar-refractivity contribution in [2.75, 3.05) is 13.2 Å². The maximum absolute atomic E-state index is 5.89. The van der Waals surface area contributed by atoms with Gasteiger partial charge in [0.15, 0.2) is 0 Å². The summed E-state index contributed by atoms with van der Waals surface area (Å²) in [7, 11) is -0.366. The van der Waals surface area contributed by atoms with Gasteiger partial charge in [-0.1, -0.05) is 6.08 Å². The molecular weight excluding hydrogens is 227 g/mol. The summed E-state index contributed by atoms with van der Waals surface area (Å²) >= 11 is 0. The predicted molar refractivity (Wildman–Crippen MR) is 75.5 cm³/mol. The molecule has 0 unspecified atom stereocenters. The normalized spacial score (nSPS) is 21.0. The first kappa shape index (κ1) is 15.5. The third-order valence-electron chi connectivity index (χ3n) is 3.57. The Bertz CT molecular complexity index is 294. The lowest BCUT2D eigenvalue weighted by Gasteiger charge is -2.32. The molecule has 1 fully saturated rings. The summed E-state index contributed by atoms with van der Waals surface area (Å²) < 4.78 is 17.3. The molecular formula is C14H25BO3. The molecule has 102 valence electrons. The van der Waals surface area contributed by atoms with E-state index in [1.54, 1.807) is 0 Å². The van der Waals surface area contributed by atoms with Crippen molar-refractivity contribution >= 4 is 7.12 Å². The topological polar surface area (TPSA) is 27.7 Å². The van der Waals surface area contributed by atoms with Crippen molar-refractivity contribution in [3.63, 3.8) is 0 Å². The van der Waals surface area contributed by atoms with Gasteiger partial charge in [0.05, 0.1) is 17.8 Å². The van der Waals surface area contributed by atoms with Crippen LogP contribution in [0.1, 0.15) is 40.5 Å². The van der Waals surface area contributed by atoms with Crippen molar-refractivity contribution < 1.29 is 14.0 Å². The van der Waals surface area contributed by atoms with Crippen LogP contribution in [0.3, 0.4) is 0 Å². The zero-order chi connectivity index (χ0) is 13.8. The van der Waals surface area contributed by atoms with E-state index in [-0.39, 0.29) is 18.3 Å². The Morgan fingerprint density at radius 1 is 1.22 bits per heavy atom. The van der Waals surface area contributed by atoms with E-state index >= 15 is 0 Å². The van der Waals surface area contributed by atoms with Gasteiger partial charge in [0.25, 0.3) is 0 Å². The lowest BCUT2D eigenvalue weighted by Crippen LogP contribution is -2.41. The van der Waals surface area contributed by atoms with Crippen molar-refractivity contribution in [2.45, 2.75) is 51.7 Å². The second-order valence-electron chi connectivity index (χ2n) is 5.73. The monoisotopic (exact) mass is 252 g/mol. The van der Waals surface area contributed by atoms with Crippen molar-refractivity contribution in [1.29, 1.82) is 0 Å². The van der Waals surface area contributed by atoms with E-state index in [1.807, 2.05) is 33.8 Å². The van der Waals surface area contributed by atoms with Crippen molar-refractivity contribution in [3.8, 4) is 0 Å². The Morgan fingerprint density at radius 2 is 1.78 bits per heavy atom. The standard InChI is InChI=1S/C14H25BO3/c1-7-8-9-10-16-11-12(2)15-17-13(3,4)14(5,6)18-15/h7H,1-2,8-11H2,3-6H3. The van der Waals surface area contributed by atoms with Crippen LogP contribution in [0.25, 0.3) is 0 Å². The molecule has 0 bridgehead atoms. The van der Waals surface area contributed by atoms with Crippen molar-refractivity contribution in [1.82, 2.24) is 0 Å². The molecule has 0 atom stereocenters. The molecule has 0 N–H and O–H groups in total. The molecule has 1 rings (SSSR count). The summed E-state index contributed by atoms with van der Waals surface area (Å²) in [6, 6.07) is 0. The van der Waals surface area contributed by atoms with Crippen LogP contribution in [-0.4, -0.2) is 31.5 Å². The fourth-order valence-corrected chi connectivity index (χ4v) is 1.61. The maximum Gasteiger partial charge on any atom is 0.492 e. The molecule has 0 radical (unpaired) electrons. The number of hydrogen-bond donors (Lipinski definition) is 0. The van der Waals surface area contributed by atoms with Gasteiger partial charge >= 0.3 is 7.12 Å². The lowest BCUT2D eigenvalue weighted by atomic mass is 9.80. The van der Waals surface area contributed by atoms with Gasteiger partial charge in [-0.3, -0.25) is 0 Å². The maximum atomic E-state index is 5.89. The Morgan fingerprint density at radius 3 is 2.28 bits per heavy atom. The fourth-order valence-electron chi connectivity index (χ4n) is 1.61. The zero-order valence-electron chi connectivity index (χ0n) is 12.1. The second kappa shape index (κ2) is 6.05. The highest BCUT2D eigenvalue weighted by atomic mass is 16.7. The summed E-state index contributed by atoms with van der Waals surface area (Å²) in [5, 5.41) is 0. The minimum atomic E-state index is -0.366. The Hall–Kier alpha value is -0.575. The first-order chi connectivity index (χ1) is 8.30. The van der Waals surface area contributed by atoms with Gasteiger partial charge in [-0.2, -0.15) is 0 Å². The molecule has 0 aromatic heterocycles. The molecule has 1 aliphatic rings. The largest absolute Gasteiger partial charge is 0.492 e. The van der Waals surface area contributed by atoms with Crippen LogP contribution >= 0.6 is 0 Å². The number of rotatable bonds is 7. The highest BCUT2D eigenvalue weighted by molar-refractivity contribution is 6.54. The molecule has 0 amide bonds. The minimum Gasteiger partial charge on any atom is -0.400 e. The highest BCUT2D eigenvalue weighted by Gasteiger charge is 2.51. The van der Waals surface area contributed by atoms with Gasteiger partial charge in [0, 0.05) is 6.61 Å². The molecule has 1 aliphatic heterocycles. The number of allylic oxidation sites excluding steroid dienone is 1. The van der Waals surface area contributed by atoms with Crippen LogP contribution in [0.5, 0.6) is 0 Å². The molecule has 0 saturated carbocycles. The first-order valence-corrected chi connectivity index (χ1v) is 6.52. The summed E-state index contributed by atoms with van der Waals surface area (Å²) in [5.74, 6) is 0. The molecule has 0 aliphatic carbocycles. The predicted octanol–water partition coefficient (Wildman–Crippen LogP) is 3.16. The van der Waals surface area contributed by atoms with Gasteiger partial charge < -0.3 is 14.0 Å². The van der Waals surface area contributed by atoms with Crippen LogP contribution in [-0.2, 0) is 14.0 Å². The Balaban J connectivity index is 2.34. The van der Waals surface area contributed by atoms with E-state index in [4.69, 9.17) is 14.0 Å².